The fourth-order valence-corrected chi connectivity index (χ4v) is 3.10. The molecule has 3 rings (SSSR count). The van der Waals surface area contributed by atoms with Crippen LogP contribution in [0.4, 0.5) is 0 Å². The van der Waals surface area contributed by atoms with Crippen molar-refractivity contribution in [1.82, 2.24) is 4.90 Å². The maximum absolute atomic E-state index is 12.3. The topological polar surface area (TPSA) is 54.5 Å². The van der Waals surface area contributed by atoms with Crippen LogP contribution in [0.15, 0.2) is 24.3 Å². The van der Waals surface area contributed by atoms with Crippen LogP contribution < -0.4 is 0 Å². The molecule has 0 saturated heterocycles. The van der Waals surface area contributed by atoms with Crippen LogP contribution in [-0.4, -0.2) is 29.0 Å². The summed E-state index contributed by atoms with van der Waals surface area (Å²) in [5.41, 5.74) is 1.42. The average molecular weight is 271 g/mol. The van der Waals surface area contributed by atoms with Gasteiger partial charge in [0.2, 0.25) is 5.91 Å². The maximum Gasteiger partial charge on any atom is 0.260 e. The molecular weight excluding hydrogens is 254 g/mol. The number of hydrogen-bond donors (Lipinski definition) is 0. The molecule has 1 unspecified atom stereocenters. The van der Waals surface area contributed by atoms with E-state index in [1.54, 1.807) is 6.07 Å². The van der Waals surface area contributed by atoms with Gasteiger partial charge in [-0.05, 0) is 30.9 Å². The molecule has 104 valence electrons. The van der Waals surface area contributed by atoms with Gasteiger partial charge in [0.1, 0.15) is 5.78 Å². The minimum atomic E-state index is -0.220. The van der Waals surface area contributed by atoms with E-state index < -0.39 is 0 Å². The zero-order valence-corrected chi connectivity index (χ0v) is 11.3. The first-order valence-corrected chi connectivity index (χ1v) is 7.12. The van der Waals surface area contributed by atoms with E-state index in [0.29, 0.717) is 24.9 Å². The summed E-state index contributed by atoms with van der Waals surface area (Å²) in [5, 5.41) is 0. The quantitative estimate of drug-likeness (QED) is 0.790. The summed E-state index contributed by atoms with van der Waals surface area (Å²) >= 11 is 0. The summed E-state index contributed by atoms with van der Waals surface area (Å²) in [7, 11) is 0. The number of carbonyl (C=O) groups is 3. The smallest absolute Gasteiger partial charge is 0.260 e. The van der Waals surface area contributed by atoms with Gasteiger partial charge >= 0.3 is 0 Å². The van der Waals surface area contributed by atoms with Gasteiger partial charge in [0.15, 0.2) is 0 Å². The normalized spacial score (nSPS) is 22.3. The molecule has 0 N–H and O–H groups in total. The Morgan fingerprint density at radius 1 is 1.15 bits per heavy atom. The van der Waals surface area contributed by atoms with Gasteiger partial charge in [-0.15, -0.1) is 0 Å². The Morgan fingerprint density at radius 2 is 1.95 bits per heavy atom. The summed E-state index contributed by atoms with van der Waals surface area (Å²) in [6.07, 6.45) is 3.37. The van der Waals surface area contributed by atoms with Crippen molar-refractivity contribution in [2.45, 2.75) is 32.1 Å². The van der Waals surface area contributed by atoms with Gasteiger partial charge in [-0.2, -0.15) is 0 Å². The third kappa shape index (κ3) is 2.26. The Kier molecular flexibility index (Phi) is 3.38. The van der Waals surface area contributed by atoms with Crippen LogP contribution in [0, 0.1) is 5.92 Å². The van der Waals surface area contributed by atoms with Crippen LogP contribution >= 0.6 is 0 Å². The molecule has 2 aliphatic rings. The molecule has 1 aromatic rings. The number of fused-ring (bicyclic) bond motifs is 1. The van der Waals surface area contributed by atoms with E-state index in [-0.39, 0.29) is 29.9 Å². The number of ketones is 1. The van der Waals surface area contributed by atoms with Crippen molar-refractivity contribution in [1.29, 1.82) is 0 Å². The van der Waals surface area contributed by atoms with Gasteiger partial charge in [0.05, 0.1) is 6.42 Å². The minimum Gasteiger partial charge on any atom is -0.299 e. The zero-order valence-electron chi connectivity index (χ0n) is 11.3. The van der Waals surface area contributed by atoms with Gasteiger partial charge in [0.25, 0.3) is 5.91 Å². The molecule has 1 aliphatic heterocycles. The summed E-state index contributed by atoms with van der Waals surface area (Å²) in [6, 6.07) is 7.23. The predicted octanol–water partition coefficient (Wildman–Crippen LogP) is 1.97. The molecule has 0 spiro atoms. The molecule has 4 nitrogen and oxygen atoms in total. The Labute approximate surface area is 117 Å². The van der Waals surface area contributed by atoms with E-state index in [9.17, 15) is 14.4 Å². The van der Waals surface area contributed by atoms with E-state index >= 15 is 0 Å². The van der Waals surface area contributed by atoms with Crippen molar-refractivity contribution in [3.8, 4) is 0 Å². The summed E-state index contributed by atoms with van der Waals surface area (Å²) in [4.78, 5) is 37.3. The molecule has 0 bridgehead atoms. The summed E-state index contributed by atoms with van der Waals surface area (Å²) in [5.74, 6) is -0.0588. The summed E-state index contributed by atoms with van der Waals surface area (Å²) in [6.45, 7) is 0.363. The Balaban J connectivity index is 1.72. The lowest BCUT2D eigenvalue weighted by atomic mass is 9.97. The number of nitrogens with zero attached hydrogens (tertiary/aromatic N) is 1. The van der Waals surface area contributed by atoms with Crippen LogP contribution in [0.1, 0.15) is 41.6 Å². The second kappa shape index (κ2) is 5.19. The molecule has 1 atom stereocenters. The standard InChI is InChI=1S/C16H17NO3/c18-14-7-3-5-11(14)8-9-17-15(19)10-12-4-1-2-6-13(12)16(17)20/h1-2,4,6,11H,3,5,7-10H2. The van der Waals surface area contributed by atoms with Crippen molar-refractivity contribution in [2.24, 2.45) is 5.92 Å². The first-order valence-electron chi connectivity index (χ1n) is 7.12. The molecular formula is C16H17NO3. The van der Waals surface area contributed by atoms with Crippen molar-refractivity contribution in [3.63, 3.8) is 0 Å². The fourth-order valence-electron chi connectivity index (χ4n) is 3.10. The highest BCUT2D eigenvalue weighted by atomic mass is 16.2. The molecule has 4 heteroatoms. The van der Waals surface area contributed by atoms with Gasteiger partial charge in [0, 0.05) is 24.4 Å². The summed E-state index contributed by atoms with van der Waals surface area (Å²) < 4.78 is 0. The number of benzene rings is 1. The number of hydrogen-bond acceptors (Lipinski definition) is 3. The Bertz CT molecular complexity index is 579. The Hall–Kier alpha value is -1.97. The lowest BCUT2D eigenvalue weighted by Gasteiger charge is -2.27. The van der Waals surface area contributed by atoms with E-state index in [2.05, 4.69) is 0 Å². The number of Topliss-reactive ketones (excluding diaryl/α,β-unsaturated/α-hetero) is 1. The second-order valence-corrected chi connectivity index (χ2v) is 5.53. The van der Waals surface area contributed by atoms with E-state index in [4.69, 9.17) is 0 Å². The van der Waals surface area contributed by atoms with Gasteiger partial charge < -0.3 is 0 Å². The lowest BCUT2D eigenvalue weighted by Crippen LogP contribution is -2.43. The molecule has 0 radical (unpaired) electrons. The number of imide groups is 1. The van der Waals surface area contributed by atoms with Crippen LogP contribution in [0.25, 0.3) is 0 Å². The molecule has 1 saturated carbocycles. The third-order valence-corrected chi connectivity index (χ3v) is 4.27. The number of rotatable bonds is 3. The van der Waals surface area contributed by atoms with Crippen molar-refractivity contribution in [3.05, 3.63) is 35.4 Å². The maximum atomic E-state index is 12.3. The molecule has 0 aromatic heterocycles. The first kappa shape index (κ1) is 13.0. The SMILES string of the molecule is O=C1CCCC1CCN1C(=O)Cc2ccccc2C1=O. The molecule has 20 heavy (non-hydrogen) atoms. The molecule has 1 aromatic carbocycles. The molecule has 1 fully saturated rings. The number of carbonyl (C=O) groups excluding carboxylic acids is 3. The van der Waals surface area contributed by atoms with Gasteiger partial charge in [-0.1, -0.05) is 18.2 Å². The highest BCUT2D eigenvalue weighted by Crippen LogP contribution is 2.26. The van der Waals surface area contributed by atoms with Crippen LogP contribution in [-0.2, 0) is 16.0 Å². The monoisotopic (exact) mass is 271 g/mol. The van der Waals surface area contributed by atoms with E-state index in [0.717, 1.165) is 18.4 Å². The van der Waals surface area contributed by atoms with Crippen LogP contribution in [0.3, 0.4) is 0 Å². The highest BCUT2D eigenvalue weighted by molar-refractivity contribution is 6.09. The zero-order chi connectivity index (χ0) is 14.1. The van der Waals surface area contributed by atoms with E-state index in [1.165, 1.54) is 4.90 Å². The third-order valence-electron chi connectivity index (χ3n) is 4.27. The van der Waals surface area contributed by atoms with Crippen molar-refractivity contribution in [2.75, 3.05) is 6.54 Å². The molecule has 1 heterocycles. The average Bonchev–Trinajstić information content (AvgIpc) is 2.84. The van der Waals surface area contributed by atoms with Crippen LogP contribution in [0.5, 0.6) is 0 Å². The van der Waals surface area contributed by atoms with Crippen molar-refractivity contribution < 1.29 is 14.4 Å². The second-order valence-electron chi connectivity index (χ2n) is 5.53. The van der Waals surface area contributed by atoms with Crippen LogP contribution in [0.2, 0.25) is 0 Å². The van der Waals surface area contributed by atoms with E-state index in [1.807, 2.05) is 18.2 Å². The number of amides is 2. The van der Waals surface area contributed by atoms with Gasteiger partial charge in [-0.25, -0.2) is 0 Å². The molecule has 1 aliphatic carbocycles. The minimum absolute atomic E-state index is 0.0350. The predicted molar refractivity (Wildman–Crippen MR) is 73.2 cm³/mol. The lowest BCUT2D eigenvalue weighted by molar-refractivity contribution is -0.129. The Morgan fingerprint density at radius 3 is 2.70 bits per heavy atom. The van der Waals surface area contributed by atoms with Gasteiger partial charge in [-0.3, -0.25) is 19.3 Å². The highest BCUT2D eigenvalue weighted by Gasteiger charge is 2.32. The molecule has 2 amide bonds. The first-order chi connectivity index (χ1) is 9.66. The fraction of sp³-hybridized carbons (Fsp3) is 0.438. The largest absolute Gasteiger partial charge is 0.299 e. The van der Waals surface area contributed by atoms with Crippen molar-refractivity contribution >= 4 is 17.6 Å².